The van der Waals surface area contributed by atoms with E-state index in [9.17, 15) is 14.9 Å². The number of nitriles is 1. The van der Waals surface area contributed by atoms with Gasteiger partial charge < -0.3 is 20.3 Å². The molecule has 1 fully saturated rings. The van der Waals surface area contributed by atoms with E-state index in [1.54, 1.807) is 21.8 Å². The first kappa shape index (κ1) is 22.6. The summed E-state index contributed by atoms with van der Waals surface area (Å²) in [6.45, 7) is 2.49. The molecule has 10 nitrogen and oxygen atoms in total. The summed E-state index contributed by atoms with van der Waals surface area (Å²) >= 11 is 0. The molecule has 0 atom stereocenters. The van der Waals surface area contributed by atoms with Crippen molar-refractivity contribution in [3.8, 4) is 35.3 Å². The Morgan fingerprint density at radius 1 is 1.29 bits per heavy atom. The monoisotopic (exact) mass is 457 g/mol. The third-order valence-corrected chi connectivity index (χ3v) is 5.43. The molecule has 34 heavy (non-hydrogen) atoms. The Kier molecular flexibility index (Phi) is 6.89. The van der Waals surface area contributed by atoms with Gasteiger partial charge in [-0.1, -0.05) is 0 Å². The molecule has 0 aliphatic carbocycles. The minimum atomic E-state index is -0.461. The number of aromatic nitrogens is 3. The predicted octanol–water partition coefficient (Wildman–Crippen LogP) is 1.43. The van der Waals surface area contributed by atoms with Crippen molar-refractivity contribution < 1.29 is 14.3 Å². The number of nitrogens with zero attached hydrogens (tertiary/aromatic N) is 5. The second kappa shape index (κ2) is 10.4. The molecule has 3 aromatic heterocycles. The maximum absolute atomic E-state index is 11.8. The van der Waals surface area contributed by atoms with Gasteiger partial charge >= 0.3 is 0 Å². The molecular formula is C24H23N7O3. The van der Waals surface area contributed by atoms with Gasteiger partial charge in [-0.3, -0.25) is 9.59 Å². The van der Waals surface area contributed by atoms with Gasteiger partial charge in [0.2, 0.25) is 5.91 Å². The molecule has 1 aliphatic rings. The van der Waals surface area contributed by atoms with Crippen LogP contribution in [0.25, 0.3) is 16.6 Å². The van der Waals surface area contributed by atoms with Gasteiger partial charge in [-0.05, 0) is 30.5 Å². The minimum absolute atomic E-state index is 0.156. The highest BCUT2D eigenvalue weighted by atomic mass is 16.5. The fraction of sp³-hybridized carbons (Fsp3) is 0.292. The molecule has 0 saturated carbocycles. The van der Waals surface area contributed by atoms with E-state index in [4.69, 9.17) is 11.2 Å². The maximum atomic E-state index is 11.8. The van der Waals surface area contributed by atoms with Crippen LogP contribution < -0.4 is 15.4 Å². The molecular weight excluding hydrogens is 434 g/mol. The van der Waals surface area contributed by atoms with Crippen LogP contribution in [0.5, 0.6) is 5.75 Å². The number of fused-ring (bicyclic) bond motifs is 1. The third kappa shape index (κ3) is 5.08. The highest BCUT2D eigenvalue weighted by molar-refractivity contribution is 5.92. The minimum Gasteiger partial charge on any atom is -0.490 e. The zero-order chi connectivity index (χ0) is 23.9. The lowest BCUT2D eigenvalue weighted by atomic mass is 10.1. The number of pyridine rings is 2. The predicted molar refractivity (Wildman–Crippen MR) is 125 cm³/mol. The number of amides is 2. The molecule has 10 heteroatoms. The van der Waals surface area contributed by atoms with E-state index in [1.165, 1.54) is 6.20 Å². The van der Waals surface area contributed by atoms with Crippen molar-refractivity contribution >= 4 is 23.1 Å². The Morgan fingerprint density at radius 3 is 2.88 bits per heavy atom. The highest BCUT2D eigenvalue weighted by Crippen LogP contribution is 2.31. The van der Waals surface area contributed by atoms with Crippen LogP contribution >= 0.6 is 0 Å². The fourth-order valence-corrected chi connectivity index (χ4v) is 3.77. The zero-order valence-corrected chi connectivity index (χ0v) is 18.5. The number of hydrogen-bond donors (Lipinski definition) is 2. The molecule has 0 unspecified atom stereocenters. The van der Waals surface area contributed by atoms with E-state index < -0.39 is 5.91 Å². The summed E-state index contributed by atoms with van der Waals surface area (Å²) < 4.78 is 7.54. The topological polar surface area (TPSA) is 125 Å². The van der Waals surface area contributed by atoms with Crippen LogP contribution in [0.15, 0.2) is 36.8 Å². The lowest BCUT2D eigenvalue weighted by molar-refractivity contribution is -0.128. The molecule has 0 aromatic carbocycles. The lowest BCUT2D eigenvalue weighted by Crippen LogP contribution is -2.29. The molecule has 172 valence electrons. The Labute approximate surface area is 196 Å². The highest BCUT2D eigenvalue weighted by Gasteiger charge is 2.20. The fourth-order valence-electron chi connectivity index (χ4n) is 3.77. The van der Waals surface area contributed by atoms with Crippen molar-refractivity contribution in [1.82, 2.24) is 24.8 Å². The third-order valence-electron chi connectivity index (χ3n) is 5.43. The molecule has 2 N–H and O–H groups in total. The van der Waals surface area contributed by atoms with Gasteiger partial charge in [-0.25, -0.2) is 9.50 Å². The van der Waals surface area contributed by atoms with Crippen LogP contribution in [0.3, 0.4) is 0 Å². The van der Waals surface area contributed by atoms with Crippen molar-refractivity contribution in [3.63, 3.8) is 0 Å². The number of anilines is 1. The summed E-state index contributed by atoms with van der Waals surface area (Å²) in [5.74, 6) is 2.90. The lowest BCUT2D eigenvalue weighted by Gasteiger charge is -2.16. The van der Waals surface area contributed by atoms with Gasteiger partial charge in [0, 0.05) is 43.4 Å². The first-order valence-corrected chi connectivity index (χ1v) is 10.9. The number of hydrogen-bond acceptors (Lipinski definition) is 7. The van der Waals surface area contributed by atoms with Crippen molar-refractivity contribution in [2.45, 2.75) is 12.8 Å². The van der Waals surface area contributed by atoms with Crippen LogP contribution in [0.4, 0.5) is 5.82 Å². The van der Waals surface area contributed by atoms with E-state index in [-0.39, 0.29) is 5.91 Å². The molecule has 4 heterocycles. The van der Waals surface area contributed by atoms with Crippen LogP contribution in [-0.2, 0) is 9.59 Å². The van der Waals surface area contributed by atoms with Crippen LogP contribution in [0.1, 0.15) is 18.4 Å². The van der Waals surface area contributed by atoms with E-state index in [0.29, 0.717) is 55.3 Å². The number of carbonyl (C=O) groups excluding carboxylic acids is 2. The number of terminal acetylenes is 1. The summed E-state index contributed by atoms with van der Waals surface area (Å²) in [6, 6.07) is 7.71. The molecule has 4 rings (SSSR count). The Balaban J connectivity index is 1.50. The smallest absolute Gasteiger partial charge is 0.295 e. The quantitative estimate of drug-likeness (QED) is 0.368. The molecule has 3 aromatic rings. The second-order valence-corrected chi connectivity index (χ2v) is 7.64. The van der Waals surface area contributed by atoms with Crippen molar-refractivity contribution in [2.24, 2.45) is 0 Å². The molecule has 0 bridgehead atoms. The van der Waals surface area contributed by atoms with Gasteiger partial charge in [0.05, 0.1) is 30.0 Å². The normalized spacial score (nSPS) is 12.9. The van der Waals surface area contributed by atoms with Gasteiger partial charge in [-0.15, -0.1) is 6.42 Å². The first-order valence-electron chi connectivity index (χ1n) is 10.9. The molecule has 1 saturated heterocycles. The van der Waals surface area contributed by atoms with Crippen LogP contribution in [0.2, 0.25) is 0 Å². The average molecular weight is 457 g/mol. The number of ether oxygens (including phenoxy) is 1. The number of likely N-dealkylation sites (tertiary alicyclic amines) is 1. The van der Waals surface area contributed by atoms with Crippen molar-refractivity contribution in [1.29, 1.82) is 5.26 Å². The summed E-state index contributed by atoms with van der Waals surface area (Å²) in [6.07, 6.45) is 11.4. The summed E-state index contributed by atoms with van der Waals surface area (Å²) in [5, 5.41) is 19.5. The van der Waals surface area contributed by atoms with Gasteiger partial charge in [0.25, 0.3) is 5.91 Å². The van der Waals surface area contributed by atoms with Gasteiger partial charge in [0.1, 0.15) is 24.2 Å². The number of carbonyl (C=O) groups is 2. The molecule has 1 aliphatic heterocycles. The molecule has 2 amide bonds. The van der Waals surface area contributed by atoms with Crippen molar-refractivity contribution in [3.05, 3.63) is 42.4 Å². The molecule has 0 spiro atoms. The van der Waals surface area contributed by atoms with Crippen LogP contribution in [-0.4, -0.2) is 64.1 Å². The zero-order valence-electron chi connectivity index (χ0n) is 18.5. The Morgan fingerprint density at radius 2 is 2.18 bits per heavy atom. The first-order chi connectivity index (χ1) is 16.6. The largest absolute Gasteiger partial charge is 0.490 e. The Hall–Kier alpha value is -4.57. The Bertz CT molecular complexity index is 1280. The van der Waals surface area contributed by atoms with E-state index >= 15 is 0 Å². The number of nitrogens with one attached hydrogen (secondary N) is 2. The second-order valence-electron chi connectivity index (χ2n) is 7.64. The maximum Gasteiger partial charge on any atom is 0.295 e. The number of rotatable bonds is 9. The SMILES string of the molecule is C#CC(=O)NCCNc1ccc(-c2cc(OCCN3CCCC3=O)cn3ncc(C#N)c23)cn1. The van der Waals surface area contributed by atoms with Gasteiger partial charge in [0.15, 0.2) is 0 Å². The summed E-state index contributed by atoms with van der Waals surface area (Å²) in [7, 11) is 0. The van der Waals surface area contributed by atoms with Crippen LogP contribution in [0, 0.1) is 23.7 Å². The molecule has 0 radical (unpaired) electrons. The van der Waals surface area contributed by atoms with E-state index in [0.717, 1.165) is 24.1 Å². The van der Waals surface area contributed by atoms with E-state index in [1.807, 2.05) is 24.1 Å². The van der Waals surface area contributed by atoms with Crippen molar-refractivity contribution in [2.75, 3.05) is 38.1 Å². The average Bonchev–Trinajstić information content (AvgIpc) is 3.47. The summed E-state index contributed by atoms with van der Waals surface area (Å²) in [5.41, 5.74) is 2.64. The summed E-state index contributed by atoms with van der Waals surface area (Å²) in [4.78, 5) is 29.1. The van der Waals surface area contributed by atoms with E-state index in [2.05, 4.69) is 26.8 Å². The van der Waals surface area contributed by atoms with Gasteiger partial charge in [-0.2, -0.15) is 10.4 Å². The standard InChI is InChI=1S/C24H23N7O3/c1-2-22(32)27-8-7-26-21-6-5-17(14-28-21)20-12-19(16-31-24(20)18(13-25)15-29-31)34-11-10-30-9-3-4-23(30)33/h1,5-6,12,14-16H,3-4,7-11H2,(H,26,28)(H,27,32).